The van der Waals surface area contributed by atoms with E-state index < -0.39 is 0 Å². The molecule has 0 aliphatic heterocycles. The largest absolute Gasteiger partial charge is 0.259 e. The van der Waals surface area contributed by atoms with Crippen molar-refractivity contribution in [2.45, 2.75) is 5.33 Å². The summed E-state index contributed by atoms with van der Waals surface area (Å²) < 4.78 is 0. The van der Waals surface area contributed by atoms with Gasteiger partial charge < -0.3 is 0 Å². The molecule has 0 radical (unpaired) electrons. The highest BCUT2D eigenvalue weighted by Gasteiger charge is 2.10. The summed E-state index contributed by atoms with van der Waals surface area (Å²) in [5, 5.41) is 8.71. The molecule has 0 spiro atoms. The average Bonchev–Trinajstić information content (AvgIpc) is 2.97. The van der Waals surface area contributed by atoms with E-state index in [1.165, 1.54) is 5.56 Å². The van der Waals surface area contributed by atoms with Gasteiger partial charge in [-0.2, -0.15) is 5.10 Å². The van der Waals surface area contributed by atoms with Gasteiger partial charge in [-0.15, -0.1) is 12.4 Å². The second kappa shape index (κ2) is 7.07. The predicted octanol–water partition coefficient (Wildman–Crippen LogP) is 5.11. The Hall–Kier alpha value is -1.36. The molecule has 0 aliphatic rings. The van der Waals surface area contributed by atoms with Gasteiger partial charge in [-0.3, -0.25) is 5.10 Å². The van der Waals surface area contributed by atoms with Crippen LogP contribution in [0.3, 0.4) is 0 Å². The number of H-pyrrole nitrogens is 1. The lowest BCUT2D eigenvalue weighted by Gasteiger charge is -2.02. The lowest BCUT2D eigenvalue weighted by Crippen LogP contribution is -1.87. The van der Waals surface area contributed by atoms with Gasteiger partial charge in [-0.05, 0) is 17.7 Å². The first-order valence-corrected chi connectivity index (χ1v) is 7.60. The van der Waals surface area contributed by atoms with E-state index >= 15 is 0 Å². The van der Waals surface area contributed by atoms with Gasteiger partial charge in [-0.25, -0.2) is 4.98 Å². The first-order valence-electron chi connectivity index (χ1n) is 6.10. The first-order chi connectivity index (χ1) is 9.78. The van der Waals surface area contributed by atoms with Crippen molar-refractivity contribution in [1.29, 1.82) is 0 Å². The minimum absolute atomic E-state index is 0. The van der Waals surface area contributed by atoms with Crippen LogP contribution in [0.15, 0.2) is 48.5 Å². The normalized spacial score (nSPS) is 10.2. The van der Waals surface area contributed by atoms with Crippen molar-refractivity contribution in [2.75, 3.05) is 0 Å². The highest BCUT2D eigenvalue weighted by Crippen LogP contribution is 2.25. The zero-order valence-electron chi connectivity index (χ0n) is 10.9. The maximum absolute atomic E-state index is 5.99. The highest BCUT2D eigenvalue weighted by molar-refractivity contribution is 9.08. The summed E-state index contributed by atoms with van der Waals surface area (Å²) in [5.41, 5.74) is 3.11. The van der Waals surface area contributed by atoms with E-state index in [0.29, 0.717) is 10.8 Å². The number of nitrogens with zero attached hydrogens (tertiary/aromatic N) is 2. The quantitative estimate of drug-likeness (QED) is 0.637. The topological polar surface area (TPSA) is 41.6 Å². The smallest absolute Gasteiger partial charge is 0.181 e. The highest BCUT2D eigenvalue weighted by atomic mass is 79.9. The van der Waals surface area contributed by atoms with Crippen LogP contribution in [0.2, 0.25) is 5.02 Å². The van der Waals surface area contributed by atoms with Gasteiger partial charge in [0.1, 0.15) is 0 Å². The summed E-state index contributed by atoms with van der Waals surface area (Å²) in [6.45, 7) is 0. The molecule has 0 saturated heterocycles. The van der Waals surface area contributed by atoms with Crippen LogP contribution in [-0.4, -0.2) is 15.2 Å². The molecule has 0 bridgehead atoms. The number of halogens is 3. The fourth-order valence-corrected chi connectivity index (χ4v) is 2.69. The van der Waals surface area contributed by atoms with Crippen LogP contribution in [0.25, 0.3) is 22.8 Å². The standard InChI is InChI=1S/C15H11BrClN3.ClH/c16-9-11-4-1-2-7-13(11)15-18-14(19-20-15)10-5-3-6-12(17)8-10;/h1-8H,9H2,(H,18,19,20);1H. The molecule has 1 N–H and O–H groups in total. The molecule has 0 amide bonds. The fraction of sp³-hybridized carbons (Fsp3) is 0.0667. The van der Waals surface area contributed by atoms with Crippen LogP contribution in [-0.2, 0) is 5.33 Å². The van der Waals surface area contributed by atoms with Crippen molar-refractivity contribution in [3.8, 4) is 22.8 Å². The third-order valence-electron chi connectivity index (χ3n) is 2.98. The summed E-state index contributed by atoms with van der Waals surface area (Å²) in [7, 11) is 0. The van der Waals surface area contributed by atoms with Gasteiger partial charge in [0.15, 0.2) is 11.6 Å². The van der Waals surface area contributed by atoms with Crippen molar-refractivity contribution in [3.63, 3.8) is 0 Å². The molecule has 0 aliphatic carbocycles. The van der Waals surface area contributed by atoms with Crippen LogP contribution in [0, 0.1) is 0 Å². The summed E-state index contributed by atoms with van der Waals surface area (Å²) in [6, 6.07) is 15.6. The summed E-state index contributed by atoms with van der Waals surface area (Å²) >= 11 is 9.48. The number of rotatable bonds is 3. The monoisotopic (exact) mass is 383 g/mol. The molecule has 0 saturated carbocycles. The molecule has 6 heteroatoms. The van der Waals surface area contributed by atoms with Crippen molar-refractivity contribution < 1.29 is 0 Å². The van der Waals surface area contributed by atoms with Crippen LogP contribution in [0.1, 0.15) is 5.56 Å². The first kappa shape index (κ1) is 16.0. The predicted molar refractivity (Wildman–Crippen MR) is 92.1 cm³/mol. The van der Waals surface area contributed by atoms with Crippen molar-refractivity contribution in [1.82, 2.24) is 15.2 Å². The molecule has 108 valence electrons. The maximum atomic E-state index is 5.99. The minimum atomic E-state index is 0. The van der Waals surface area contributed by atoms with E-state index in [9.17, 15) is 0 Å². The number of hydrogen-bond acceptors (Lipinski definition) is 2. The molecule has 3 nitrogen and oxygen atoms in total. The van der Waals surface area contributed by atoms with Crippen molar-refractivity contribution >= 4 is 39.9 Å². The zero-order valence-corrected chi connectivity index (χ0v) is 14.0. The Balaban J connectivity index is 0.00000161. The molecule has 3 rings (SSSR count). The van der Waals surface area contributed by atoms with Crippen LogP contribution >= 0.6 is 39.9 Å². The number of alkyl halides is 1. The summed E-state index contributed by atoms with van der Waals surface area (Å²) in [5.74, 6) is 1.40. The molecular formula is C15H12BrCl2N3. The van der Waals surface area contributed by atoms with E-state index in [1.807, 2.05) is 42.5 Å². The van der Waals surface area contributed by atoms with Gasteiger partial charge >= 0.3 is 0 Å². The second-order valence-corrected chi connectivity index (χ2v) is 5.31. The third-order valence-corrected chi connectivity index (χ3v) is 3.82. The van der Waals surface area contributed by atoms with E-state index in [-0.39, 0.29) is 12.4 Å². The van der Waals surface area contributed by atoms with E-state index in [1.54, 1.807) is 0 Å². The molecule has 0 unspecified atom stereocenters. The number of nitrogens with one attached hydrogen (secondary N) is 1. The number of aromatic nitrogens is 3. The maximum Gasteiger partial charge on any atom is 0.181 e. The summed E-state index contributed by atoms with van der Waals surface area (Å²) in [4.78, 5) is 4.55. The van der Waals surface area contributed by atoms with Crippen LogP contribution in [0.5, 0.6) is 0 Å². The van der Waals surface area contributed by atoms with Crippen molar-refractivity contribution in [3.05, 3.63) is 59.1 Å². The lowest BCUT2D eigenvalue weighted by atomic mass is 10.1. The fourth-order valence-electron chi connectivity index (χ4n) is 2.01. The average molecular weight is 385 g/mol. The zero-order chi connectivity index (χ0) is 13.9. The lowest BCUT2D eigenvalue weighted by molar-refractivity contribution is 1.10. The molecular weight excluding hydrogens is 373 g/mol. The Bertz CT molecular complexity index is 743. The Kier molecular flexibility index (Phi) is 5.39. The number of aromatic amines is 1. The molecule has 1 heterocycles. The van der Waals surface area contributed by atoms with E-state index in [4.69, 9.17) is 11.6 Å². The van der Waals surface area contributed by atoms with E-state index in [2.05, 4.69) is 37.2 Å². The SMILES string of the molecule is Cl.Clc1cccc(-c2n[nH]c(-c3ccccc3CBr)n2)c1. The van der Waals surface area contributed by atoms with Gasteiger partial charge in [0.25, 0.3) is 0 Å². The molecule has 0 atom stereocenters. The van der Waals surface area contributed by atoms with Gasteiger partial charge in [0.05, 0.1) is 0 Å². The van der Waals surface area contributed by atoms with Gasteiger partial charge in [0, 0.05) is 21.5 Å². The minimum Gasteiger partial charge on any atom is -0.259 e. The van der Waals surface area contributed by atoms with E-state index in [0.717, 1.165) is 22.3 Å². The Morgan fingerprint density at radius 1 is 1.10 bits per heavy atom. The third kappa shape index (κ3) is 3.46. The molecule has 21 heavy (non-hydrogen) atoms. The number of benzene rings is 2. The Labute approximate surface area is 142 Å². The van der Waals surface area contributed by atoms with Gasteiger partial charge in [-0.1, -0.05) is 63.9 Å². The second-order valence-electron chi connectivity index (χ2n) is 4.31. The Morgan fingerprint density at radius 3 is 2.67 bits per heavy atom. The molecule has 2 aromatic carbocycles. The van der Waals surface area contributed by atoms with Crippen LogP contribution in [0.4, 0.5) is 0 Å². The van der Waals surface area contributed by atoms with Crippen LogP contribution < -0.4 is 0 Å². The molecule has 1 aromatic heterocycles. The number of hydrogen-bond donors (Lipinski definition) is 1. The summed E-state index contributed by atoms with van der Waals surface area (Å²) in [6.07, 6.45) is 0. The van der Waals surface area contributed by atoms with Gasteiger partial charge in [0.2, 0.25) is 0 Å². The molecule has 0 fully saturated rings. The Morgan fingerprint density at radius 2 is 1.90 bits per heavy atom. The molecule has 3 aromatic rings. The van der Waals surface area contributed by atoms with Crippen molar-refractivity contribution in [2.24, 2.45) is 0 Å².